The van der Waals surface area contributed by atoms with Gasteiger partial charge in [-0.2, -0.15) is 5.10 Å². The molecule has 0 N–H and O–H groups in total. The van der Waals surface area contributed by atoms with Crippen LogP contribution in [-0.2, 0) is 25.1 Å². The number of nitrogens with zero attached hydrogens (tertiary/aromatic N) is 4. The third-order valence-electron chi connectivity index (χ3n) is 8.10. The van der Waals surface area contributed by atoms with Crippen molar-refractivity contribution in [2.45, 2.75) is 42.4 Å². The highest BCUT2D eigenvalue weighted by atomic mass is 32.2. The molecule has 6 rings (SSSR count). The van der Waals surface area contributed by atoms with Crippen LogP contribution in [0.2, 0.25) is 0 Å². The summed E-state index contributed by atoms with van der Waals surface area (Å²) in [5.41, 5.74) is 2.33. The van der Waals surface area contributed by atoms with Gasteiger partial charge in [0.1, 0.15) is 0 Å². The van der Waals surface area contributed by atoms with Gasteiger partial charge in [-0.05, 0) is 37.7 Å². The van der Waals surface area contributed by atoms with E-state index in [0.29, 0.717) is 53.9 Å². The minimum absolute atomic E-state index is 0.153. The average molecular weight is 515 g/mol. The standard InChI is InChI=1S/C26H34N4O5S/c31-26(29-11-15-35-16-12-29)24-22-18-36(32,33)23-4-2-1-3-21(23)25(22)30(27-24)20-7-5-19(6-8-20)17-28-9-13-34-14-10-28/h1-4,19-20H,5-18H2. The number of sulfone groups is 1. The summed E-state index contributed by atoms with van der Waals surface area (Å²) in [5, 5.41) is 4.89. The van der Waals surface area contributed by atoms with E-state index in [2.05, 4.69) is 4.90 Å². The van der Waals surface area contributed by atoms with Crippen LogP contribution in [-0.4, -0.2) is 93.1 Å². The fraction of sp³-hybridized carbons (Fsp3) is 0.615. The monoisotopic (exact) mass is 514 g/mol. The van der Waals surface area contributed by atoms with Crippen LogP contribution < -0.4 is 0 Å². The number of benzene rings is 1. The number of morpholine rings is 2. The van der Waals surface area contributed by atoms with Crippen LogP contribution in [0.4, 0.5) is 0 Å². The van der Waals surface area contributed by atoms with E-state index in [1.165, 1.54) is 0 Å². The van der Waals surface area contributed by atoms with Gasteiger partial charge in [-0.1, -0.05) is 18.2 Å². The van der Waals surface area contributed by atoms with E-state index in [1.807, 2.05) is 16.8 Å². The number of amides is 1. The van der Waals surface area contributed by atoms with Gasteiger partial charge in [-0.3, -0.25) is 14.4 Å². The van der Waals surface area contributed by atoms with Gasteiger partial charge in [-0.15, -0.1) is 0 Å². The van der Waals surface area contributed by atoms with Gasteiger partial charge in [0.05, 0.1) is 48.8 Å². The van der Waals surface area contributed by atoms with Crippen molar-refractivity contribution in [1.29, 1.82) is 0 Å². The minimum atomic E-state index is -3.55. The first-order valence-electron chi connectivity index (χ1n) is 13.1. The molecule has 4 aliphatic rings. The molecule has 194 valence electrons. The molecule has 0 unspecified atom stereocenters. The molecule has 0 spiro atoms. The summed E-state index contributed by atoms with van der Waals surface area (Å²) in [6.07, 6.45) is 4.15. The molecule has 3 fully saturated rings. The van der Waals surface area contributed by atoms with E-state index in [-0.39, 0.29) is 17.7 Å². The Morgan fingerprint density at radius 2 is 1.61 bits per heavy atom. The molecule has 1 aromatic carbocycles. The van der Waals surface area contributed by atoms with Gasteiger partial charge in [0.15, 0.2) is 15.5 Å². The lowest BCUT2D eigenvalue weighted by Crippen LogP contribution is -2.41. The summed E-state index contributed by atoms with van der Waals surface area (Å²) in [7, 11) is -3.55. The predicted octanol–water partition coefficient (Wildman–Crippen LogP) is 2.37. The predicted molar refractivity (Wildman–Crippen MR) is 134 cm³/mol. The third kappa shape index (κ3) is 4.49. The molecule has 36 heavy (non-hydrogen) atoms. The number of carbonyl (C=O) groups excluding carboxylic acids is 1. The second-order valence-electron chi connectivity index (χ2n) is 10.4. The summed E-state index contributed by atoms with van der Waals surface area (Å²) in [6, 6.07) is 7.31. The topological polar surface area (TPSA) is 94.0 Å². The molecule has 1 amide bonds. The van der Waals surface area contributed by atoms with E-state index in [4.69, 9.17) is 14.6 Å². The Labute approximate surface area is 212 Å². The Morgan fingerprint density at radius 3 is 2.33 bits per heavy atom. The van der Waals surface area contributed by atoms with E-state index in [0.717, 1.165) is 64.2 Å². The molecule has 0 atom stereocenters. The molecule has 2 aromatic rings. The van der Waals surface area contributed by atoms with Crippen molar-refractivity contribution < 1.29 is 22.7 Å². The molecule has 4 heterocycles. The molecule has 2 saturated heterocycles. The number of aromatic nitrogens is 2. The van der Waals surface area contributed by atoms with E-state index in [9.17, 15) is 13.2 Å². The Bertz CT molecular complexity index is 1220. The van der Waals surface area contributed by atoms with Gasteiger partial charge >= 0.3 is 0 Å². The van der Waals surface area contributed by atoms with Crippen molar-refractivity contribution in [2.75, 3.05) is 59.2 Å². The molecule has 10 heteroatoms. The van der Waals surface area contributed by atoms with Crippen LogP contribution in [0.25, 0.3) is 11.3 Å². The zero-order valence-electron chi connectivity index (χ0n) is 20.6. The van der Waals surface area contributed by atoms with Crippen LogP contribution in [0.15, 0.2) is 29.2 Å². The maximum atomic E-state index is 13.5. The summed E-state index contributed by atoms with van der Waals surface area (Å²) < 4.78 is 39.3. The summed E-state index contributed by atoms with van der Waals surface area (Å²) >= 11 is 0. The summed E-state index contributed by atoms with van der Waals surface area (Å²) in [6.45, 7) is 6.72. The Balaban J connectivity index is 1.32. The maximum absolute atomic E-state index is 13.5. The van der Waals surface area contributed by atoms with Crippen molar-refractivity contribution in [3.05, 3.63) is 35.5 Å². The lowest BCUT2D eigenvalue weighted by Gasteiger charge is -2.35. The van der Waals surface area contributed by atoms with Gasteiger partial charge in [0, 0.05) is 43.9 Å². The average Bonchev–Trinajstić information content (AvgIpc) is 3.28. The third-order valence-corrected chi connectivity index (χ3v) is 9.80. The largest absolute Gasteiger partial charge is 0.379 e. The number of carbonyl (C=O) groups is 1. The summed E-state index contributed by atoms with van der Waals surface area (Å²) in [5.74, 6) is 0.272. The molecular formula is C26H34N4O5S. The molecular weight excluding hydrogens is 480 g/mol. The van der Waals surface area contributed by atoms with Crippen LogP contribution in [0.3, 0.4) is 0 Å². The highest BCUT2D eigenvalue weighted by molar-refractivity contribution is 7.90. The van der Waals surface area contributed by atoms with Gasteiger partial charge in [0.25, 0.3) is 5.91 Å². The van der Waals surface area contributed by atoms with Crippen molar-refractivity contribution in [3.8, 4) is 11.3 Å². The number of fused-ring (bicyclic) bond motifs is 3. The SMILES string of the molecule is O=C(c1nn(C2CCC(CN3CCOCC3)CC2)c2c1CS(=O)(=O)c1ccccc1-2)N1CCOCC1. The number of ether oxygens (including phenoxy) is 2. The molecule has 9 nitrogen and oxygen atoms in total. The normalized spacial score (nSPS) is 26.3. The fourth-order valence-corrected chi connectivity index (χ4v) is 7.76. The molecule has 3 aliphatic heterocycles. The second-order valence-corrected chi connectivity index (χ2v) is 12.3. The first-order chi connectivity index (χ1) is 17.5. The van der Waals surface area contributed by atoms with Crippen LogP contribution in [0, 0.1) is 5.92 Å². The zero-order chi connectivity index (χ0) is 24.7. The van der Waals surface area contributed by atoms with E-state index >= 15 is 0 Å². The lowest BCUT2D eigenvalue weighted by atomic mass is 9.85. The van der Waals surface area contributed by atoms with Crippen molar-refractivity contribution in [1.82, 2.24) is 19.6 Å². The molecule has 0 radical (unpaired) electrons. The van der Waals surface area contributed by atoms with E-state index in [1.54, 1.807) is 17.0 Å². The van der Waals surface area contributed by atoms with Crippen molar-refractivity contribution >= 4 is 15.7 Å². The van der Waals surface area contributed by atoms with Crippen molar-refractivity contribution in [3.63, 3.8) is 0 Å². The fourth-order valence-electron chi connectivity index (χ4n) is 6.17. The van der Waals surface area contributed by atoms with Crippen LogP contribution in [0.1, 0.15) is 47.8 Å². The Hall–Kier alpha value is -2.27. The first kappa shape index (κ1) is 24.1. The maximum Gasteiger partial charge on any atom is 0.274 e. The number of rotatable bonds is 4. The molecule has 0 bridgehead atoms. The van der Waals surface area contributed by atoms with Gasteiger partial charge in [-0.25, -0.2) is 8.42 Å². The second kappa shape index (κ2) is 9.89. The number of hydrogen-bond acceptors (Lipinski definition) is 7. The Kier molecular flexibility index (Phi) is 6.62. The van der Waals surface area contributed by atoms with E-state index < -0.39 is 9.84 Å². The highest BCUT2D eigenvalue weighted by Gasteiger charge is 2.39. The lowest BCUT2D eigenvalue weighted by molar-refractivity contribution is 0.0263. The molecule has 1 saturated carbocycles. The first-order valence-corrected chi connectivity index (χ1v) is 14.8. The van der Waals surface area contributed by atoms with Gasteiger partial charge < -0.3 is 14.4 Å². The van der Waals surface area contributed by atoms with Crippen LogP contribution >= 0.6 is 0 Å². The summed E-state index contributed by atoms with van der Waals surface area (Å²) in [4.78, 5) is 18.1. The highest BCUT2D eigenvalue weighted by Crippen LogP contribution is 2.43. The Morgan fingerprint density at radius 1 is 0.944 bits per heavy atom. The zero-order valence-corrected chi connectivity index (χ0v) is 21.4. The molecule has 1 aliphatic carbocycles. The minimum Gasteiger partial charge on any atom is -0.379 e. The van der Waals surface area contributed by atoms with Crippen LogP contribution in [0.5, 0.6) is 0 Å². The molecule has 1 aromatic heterocycles. The van der Waals surface area contributed by atoms with Gasteiger partial charge in [0.2, 0.25) is 0 Å². The number of hydrogen-bond donors (Lipinski definition) is 0. The smallest absolute Gasteiger partial charge is 0.274 e. The van der Waals surface area contributed by atoms with Crippen molar-refractivity contribution in [2.24, 2.45) is 5.92 Å². The quantitative estimate of drug-likeness (QED) is 0.618.